The SMILES string of the molecule is CC[C@@]12CNC3C[C@@H]1[C@@H](COC2=O)C[C@@H]3O. The summed E-state index contributed by atoms with van der Waals surface area (Å²) in [7, 11) is 0. The molecule has 1 unspecified atom stereocenters. The lowest BCUT2D eigenvalue weighted by Gasteiger charge is -2.55. The highest BCUT2D eigenvalue weighted by molar-refractivity contribution is 5.78. The highest BCUT2D eigenvalue weighted by Crippen LogP contribution is 2.50. The second kappa shape index (κ2) is 3.44. The first-order valence-electron chi connectivity index (χ1n) is 6.26. The van der Waals surface area contributed by atoms with E-state index in [-0.39, 0.29) is 23.5 Å². The third kappa shape index (κ3) is 1.20. The molecule has 0 amide bonds. The fraction of sp³-hybridized carbons (Fsp3) is 0.917. The second-order valence-corrected chi connectivity index (χ2v) is 5.50. The molecule has 0 spiro atoms. The maximum atomic E-state index is 12.0. The van der Waals surface area contributed by atoms with Gasteiger partial charge in [0.15, 0.2) is 0 Å². The van der Waals surface area contributed by atoms with E-state index in [0.29, 0.717) is 25.0 Å². The van der Waals surface area contributed by atoms with E-state index in [1.807, 2.05) is 0 Å². The molecule has 0 aromatic heterocycles. The average molecular weight is 225 g/mol. The first kappa shape index (κ1) is 10.5. The monoisotopic (exact) mass is 225 g/mol. The van der Waals surface area contributed by atoms with Gasteiger partial charge >= 0.3 is 5.97 Å². The fourth-order valence-electron chi connectivity index (χ4n) is 3.87. The predicted octanol–water partition coefficient (Wildman–Crippen LogP) is 0.298. The summed E-state index contributed by atoms with van der Waals surface area (Å²) in [5.41, 5.74) is -0.320. The average Bonchev–Trinajstić information content (AvgIpc) is 2.31. The lowest BCUT2D eigenvalue weighted by molar-refractivity contribution is -0.189. The number of hydrogen-bond donors (Lipinski definition) is 2. The van der Waals surface area contributed by atoms with Crippen LogP contribution in [-0.2, 0) is 9.53 Å². The highest BCUT2D eigenvalue weighted by Gasteiger charge is 2.57. The van der Waals surface area contributed by atoms with Crippen LogP contribution < -0.4 is 5.32 Å². The van der Waals surface area contributed by atoms with E-state index in [1.165, 1.54) is 0 Å². The molecule has 90 valence electrons. The topological polar surface area (TPSA) is 58.6 Å². The van der Waals surface area contributed by atoms with E-state index in [2.05, 4.69) is 12.2 Å². The molecule has 5 atom stereocenters. The first-order chi connectivity index (χ1) is 7.67. The molecule has 16 heavy (non-hydrogen) atoms. The van der Waals surface area contributed by atoms with E-state index in [0.717, 1.165) is 19.3 Å². The number of cyclic esters (lactones) is 1. The van der Waals surface area contributed by atoms with Crippen LogP contribution >= 0.6 is 0 Å². The molecule has 0 aromatic carbocycles. The minimum atomic E-state index is -0.320. The van der Waals surface area contributed by atoms with Crippen molar-refractivity contribution in [1.82, 2.24) is 5.32 Å². The summed E-state index contributed by atoms with van der Waals surface area (Å²) in [6.45, 7) is 3.25. The molecule has 1 saturated carbocycles. The van der Waals surface area contributed by atoms with Gasteiger partial charge in [-0.2, -0.15) is 0 Å². The first-order valence-corrected chi connectivity index (χ1v) is 6.26. The number of hydrogen-bond acceptors (Lipinski definition) is 4. The van der Waals surface area contributed by atoms with Crippen LogP contribution in [0.5, 0.6) is 0 Å². The van der Waals surface area contributed by atoms with Crippen LogP contribution in [0, 0.1) is 17.3 Å². The minimum absolute atomic E-state index is 0.0291. The van der Waals surface area contributed by atoms with Crippen molar-refractivity contribution in [2.75, 3.05) is 13.2 Å². The lowest BCUT2D eigenvalue weighted by atomic mass is 9.57. The van der Waals surface area contributed by atoms with Crippen molar-refractivity contribution in [3.63, 3.8) is 0 Å². The van der Waals surface area contributed by atoms with Gasteiger partial charge in [-0.25, -0.2) is 0 Å². The summed E-state index contributed by atoms with van der Waals surface area (Å²) in [4.78, 5) is 12.0. The van der Waals surface area contributed by atoms with Crippen molar-refractivity contribution in [3.8, 4) is 0 Å². The molecule has 2 bridgehead atoms. The van der Waals surface area contributed by atoms with Crippen LogP contribution in [0.25, 0.3) is 0 Å². The number of fused-ring (bicyclic) bond motifs is 1. The molecular weight excluding hydrogens is 206 g/mol. The highest BCUT2D eigenvalue weighted by atomic mass is 16.5. The number of carbonyl (C=O) groups is 1. The van der Waals surface area contributed by atoms with Crippen LogP contribution in [-0.4, -0.2) is 36.4 Å². The van der Waals surface area contributed by atoms with Gasteiger partial charge in [0.25, 0.3) is 0 Å². The van der Waals surface area contributed by atoms with Crippen molar-refractivity contribution in [2.45, 2.75) is 38.3 Å². The third-order valence-corrected chi connectivity index (χ3v) is 4.94. The number of aliphatic hydroxyl groups excluding tert-OH is 1. The maximum absolute atomic E-state index is 12.0. The van der Waals surface area contributed by atoms with E-state index < -0.39 is 0 Å². The minimum Gasteiger partial charge on any atom is -0.465 e. The Kier molecular flexibility index (Phi) is 2.27. The Morgan fingerprint density at radius 1 is 1.56 bits per heavy atom. The zero-order chi connectivity index (χ0) is 11.3. The molecule has 2 aliphatic heterocycles. The summed E-state index contributed by atoms with van der Waals surface area (Å²) < 4.78 is 5.33. The molecule has 4 heteroatoms. The van der Waals surface area contributed by atoms with Gasteiger partial charge < -0.3 is 15.2 Å². The van der Waals surface area contributed by atoms with Crippen LogP contribution in [0.2, 0.25) is 0 Å². The molecule has 2 saturated heterocycles. The van der Waals surface area contributed by atoms with Gasteiger partial charge in [-0.15, -0.1) is 0 Å². The van der Waals surface area contributed by atoms with Crippen molar-refractivity contribution < 1.29 is 14.6 Å². The molecular formula is C12H19NO3. The summed E-state index contributed by atoms with van der Waals surface area (Å²) in [6.07, 6.45) is 2.27. The molecule has 2 heterocycles. The molecule has 4 nitrogen and oxygen atoms in total. The number of ether oxygens (including phenoxy) is 1. The van der Waals surface area contributed by atoms with Gasteiger partial charge in [-0.3, -0.25) is 4.79 Å². The molecule has 3 aliphatic rings. The molecule has 0 radical (unpaired) electrons. The van der Waals surface area contributed by atoms with E-state index in [1.54, 1.807) is 0 Å². The molecule has 2 N–H and O–H groups in total. The maximum Gasteiger partial charge on any atom is 0.313 e. The number of nitrogens with one attached hydrogen (secondary N) is 1. The van der Waals surface area contributed by atoms with Crippen molar-refractivity contribution in [1.29, 1.82) is 0 Å². The van der Waals surface area contributed by atoms with Gasteiger partial charge in [-0.05, 0) is 31.1 Å². The lowest BCUT2D eigenvalue weighted by Crippen LogP contribution is -2.65. The van der Waals surface area contributed by atoms with Crippen molar-refractivity contribution >= 4 is 5.97 Å². The van der Waals surface area contributed by atoms with Crippen molar-refractivity contribution in [2.24, 2.45) is 17.3 Å². The van der Waals surface area contributed by atoms with Crippen molar-refractivity contribution in [3.05, 3.63) is 0 Å². The van der Waals surface area contributed by atoms with Crippen LogP contribution in [0.15, 0.2) is 0 Å². The van der Waals surface area contributed by atoms with Gasteiger partial charge in [0.05, 0.1) is 18.1 Å². The Balaban J connectivity index is 1.96. The number of aliphatic hydroxyl groups is 1. The Hall–Kier alpha value is -0.610. The molecule has 3 rings (SSSR count). The molecule has 0 aromatic rings. The van der Waals surface area contributed by atoms with E-state index >= 15 is 0 Å². The van der Waals surface area contributed by atoms with Crippen LogP contribution in [0.3, 0.4) is 0 Å². The van der Waals surface area contributed by atoms with Crippen LogP contribution in [0.4, 0.5) is 0 Å². The molecule has 1 aliphatic carbocycles. The number of esters is 1. The standard InChI is InChI=1S/C12H19NO3/c1-2-12-6-13-9-4-8(12)7(3-10(9)14)5-16-11(12)15/h7-10,13-14H,2-6H2,1H3/t7-,8-,9?,10+,12-/m1/s1. The molecule has 3 fully saturated rings. The quantitative estimate of drug-likeness (QED) is 0.630. The number of rotatable bonds is 1. The van der Waals surface area contributed by atoms with E-state index in [9.17, 15) is 9.90 Å². The van der Waals surface area contributed by atoms with Gasteiger partial charge in [-0.1, -0.05) is 6.92 Å². The van der Waals surface area contributed by atoms with Gasteiger partial charge in [0.1, 0.15) is 0 Å². The normalized spacial score (nSPS) is 51.0. The van der Waals surface area contributed by atoms with Crippen LogP contribution in [0.1, 0.15) is 26.2 Å². The summed E-state index contributed by atoms with van der Waals surface area (Å²) >= 11 is 0. The number of carbonyl (C=O) groups excluding carboxylic acids is 1. The summed E-state index contributed by atoms with van der Waals surface area (Å²) in [5, 5.41) is 13.3. The Morgan fingerprint density at radius 3 is 3.12 bits per heavy atom. The summed E-state index contributed by atoms with van der Waals surface area (Å²) in [6, 6.07) is 0.187. The zero-order valence-electron chi connectivity index (χ0n) is 9.61. The zero-order valence-corrected chi connectivity index (χ0v) is 9.61. The third-order valence-electron chi connectivity index (χ3n) is 4.94. The summed E-state index contributed by atoms with van der Waals surface area (Å²) in [5.74, 6) is 0.748. The predicted molar refractivity (Wildman–Crippen MR) is 57.7 cm³/mol. The number of piperidine rings is 1. The van der Waals surface area contributed by atoms with E-state index in [4.69, 9.17) is 4.74 Å². The van der Waals surface area contributed by atoms with Gasteiger partial charge in [0, 0.05) is 12.6 Å². The second-order valence-electron chi connectivity index (χ2n) is 5.50. The largest absolute Gasteiger partial charge is 0.465 e. The Morgan fingerprint density at radius 2 is 2.38 bits per heavy atom. The Labute approximate surface area is 95.4 Å². The smallest absolute Gasteiger partial charge is 0.313 e. The van der Waals surface area contributed by atoms with Gasteiger partial charge in [0.2, 0.25) is 0 Å². The fourth-order valence-corrected chi connectivity index (χ4v) is 3.87. The Bertz CT molecular complexity index is 319.